The molecule has 0 spiro atoms. The summed E-state index contributed by atoms with van der Waals surface area (Å²) in [5, 5.41) is 17.1. The molecule has 0 aliphatic heterocycles. The van der Waals surface area contributed by atoms with Gasteiger partial charge in [-0.15, -0.1) is 0 Å². The molecule has 0 saturated heterocycles. The summed E-state index contributed by atoms with van der Waals surface area (Å²) >= 11 is 0. The van der Waals surface area contributed by atoms with Crippen LogP contribution in [-0.4, -0.2) is 27.1 Å². The van der Waals surface area contributed by atoms with Crippen molar-refractivity contribution in [3.63, 3.8) is 0 Å². The molecule has 0 amide bonds. The average molecular weight is 168 g/mol. The number of carboxylic acids is 2. The molecule has 1 heterocycles. The Bertz CT molecular complexity index is 377. The maximum Gasteiger partial charge on any atom is 0.355 e. The highest BCUT2D eigenvalue weighted by Gasteiger charge is 2.15. The minimum atomic E-state index is -1.46. The van der Waals surface area contributed by atoms with Crippen LogP contribution in [0.2, 0.25) is 0 Å². The van der Waals surface area contributed by atoms with Crippen LogP contribution in [0.5, 0.6) is 0 Å². The topological polar surface area (TPSA) is 87.5 Å². The van der Waals surface area contributed by atoms with E-state index in [0.717, 1.165) is 12.3 Å². The molecule has 62 valence electrons. The van der Waals surface area contributed by atoms with Crippen LogP contribution < -0.4 is 0 Å². The van der Waals surface area contributed by atoms with Crippen molar-refractivity contribution in [3.05, 3.63) is 29.6 Å². The van der Waals surface area contributed by atoms with Gasteiger partial charge in [-0.1, -0.05) is 0 Å². The number of hydrogen-bond donors (Lipinski definition) is 2. The van der Waals surface area contributed by atoms with Crippen LogP contribution >= 0.6 is 0 Å². The van der Waals surface area contributed by atoms with Crippen LogP contribution in [0.1, 0.15) is 22.2 Å². The normalized spacial score (nSPS) is 10.5. The van der Waals surface area contributed by atoms with E-state index < -0.39 is 23.2 Å². The lowest BCUT2D eigenvalue weighted by Crippen LogP contribution is -2.09. The standard InChI is InChI=1S/C7H5NO4/c9-6(10)4-2-1-3-8-5(4)7(11)12/h1-3H,(H,9,10)(H,11,12)/i2D. The van der Waals surface area contributed by atoms with Crippen molar-refractivity contribution in [2.75, 3.05) is 0 Å². The van der Waals surface area contributed by atoms with Crippen LogP contribution in [-0.2, 0) is 0 Å². The first kappa shape index (κ1) is 6.78. The number of aromatic carboxylic acids is 2. The molecule has 0 aliphatic rings. The lowest BCUT2D eigenvalue weighted by atomic mass is 10.2. The molecular formula is C7H5NO4. The summed E-state index contributed by atoms with van der Waals surface area (Å²) in [7, 11) is 0. The number of carboxylic acid groups (broad SMARTS) is 2. The fourth-order valence-electron chi connectivity index (χ4n) is 0.690. The Hall–Kier alpha value is -1.91. The monoisotopic (exact) mass is 168 g/mol. The average Bonchev–Trinajstić information content (AvgIpc) is 2.02. The van der Waals surface area contributed by atoms with Gasteiger partial charge in [0.1, 0.15) is 0 Å². The quantitative estimate of drug-likeness (QED) is 0.670. The van der Waals surface area contributed by atoms with Gasteiger partial charge < -0.3 is 10.2 Å². The number of rotatable bonds is 2. The Morgan fingerprint density at radius 1 is 1.42 bits per heavy atom. The molecule has 0 bridgehead atoms. The lowest BCUT2D eigenvalue weighted by molar-refractivity contribution is 0.0646. The number of pyridine rings is 1. The van der Waals surface area contributed by atoms with Gasteiger partial charge in [0.2, 0.25) is 0 Å². The van der Waals surface area contributed by atoms with E-state index in [-0.39, 0.29) is 6.04 Å². The molecule has 5 nitrogen and oxygen atoms in total. The van der Waals surface area contributed by atoms with Gasteiger partial charge in [0.25, 0.3) is 0 Å². The molecule has 1 rings (SSSR count). The van der Waals surface area contributed by atoms with Gasteiger partial charge in [-0.2, -0.15) is 0 Å². The maximum absolute atomic E-state index is 10.5. The molecule has 0 unspecified atom stereocenters. The number of aromatic nitrogens is 1. The SMILES string of the molecule is [2H]c1ccnc(C(=O)O)c1C(=O)O. The highest BCUT2D eigenvalue weighted by molar-refractivity contribution is 5.99. The summed E-state index contributed by atoms with van der Waals surface area (Å²) in [6, 6.07) is 0.760. The Morgan fingerprint density at radius 2 is 2.08 bits per heavy atom. The van der Waals surface area contributed by atoms with Crippen molar-refractivity contribution < 1.29 is 21.2 Å². The zero-order chi connectivity index (χ0) is 10.0. The number of nitrogens with zero attached hydrogens (tertiary/aromatic N) is 1. The van der Waals surface area contributed by atoms with E-state index in [2.05, 4.69) is 4.98 Å². The Kier molecular flexibility index (Phi) is 1.69. The predicted octanol–water partition coefficient (Wildman–Crippen LogP) is 0.478. The molecule has 1 aromatic rings. The van der Waals surface area contributed by atoms with Crippen LogP contribution in [0.3, 0.4) is 0 Å². The van der Waals surface area contributed by atoms with E-state index in [1.807, 2.05) is 0 Å². The van der Waals surface area contributed by atoms with Gasteiger partial charge in [-0.25, -0.2) is 14.6 Å². The summed E-state index contributed by atoms with van der Waals surface area (Å²) in [4.78, 5) is 24.4. The fraction of sp³-hybridized carbons (Fsp3) is 0. The van der Waals surface area contributed by atoms with Gasteiger partial charge in [0.05, 0.1) is 6.93 Å². The van der Waals surface area contributed by atoms with Crippen LogP contribution in [0.15, 0.2) is 18.3 Å². The van der Waals surface area contributed by atoms with Gasteiger partial charge in [0.15, 0.2) is 5.69 Å². The summed E-state index contributed by atoms with van der Waals surface area (Å²) in [5.74, 6) is -2.91. The van der Waals surface area contributed by atoms with E-state index in [1.165, 1.54) is 0 Å². The van der Waals surface area contributed by atoms with E-state index in [9.17, 15) is 9.59 Å². The van der Waals surface area contributed by atoms with Crippen LogP contribution in [0.4, 0.5) is 0 Å². The van der Waals surface area contributed by atoms with Gasteiger partial charge in [0, 0.05) is 6.20 Å². The molecule has 5 heteroatoms. The Labute approximate surface area is 68.7 Å². The highest BCUT2D eigenvalue weighted by Crippen LogP contribution is 2.04. The first-order valence-corrected chi connectivity index (χ1v) is 2.96. The first-order valence-electron chi connectivity index (χ1n) is 3.46. The largest absolute Gasteiger partial charge is 0.478 e. The smallest absolute Gasteiger partial charge is 0.355 e. The molecule has 0 aromatic carbocycles. The number of carbonyl (C=O) groups is 2. The van der Waals surface area contributed by atoms with Crippen LogP contribution in [0.25, 0.3) is 0 Å². The minimum absolute atomic E-state index is 0.361. The summed E-state index contributed by atoms with van der Waals surface area (Å²) in [5.41, 5.74) is -1.20. The van der Waals surface area contributed by atoms with E-state index in [4.69, 9.17) is 11.6 Å². The van der Waals surface area contributed by atoms with Gasteiger partial charge >= 0.3 is 11.9 Å². The first-order chi connectivity index (χ1) is 6.04. The number of hydrogen-bond acceptors (Lipinski definition) is 3. The van der Waals surface area contributed by atoms with E-state index in [0.29, 0.717) is 0 Å². The second-order valence-corrected chi connectivity index (χ2v) is 1.92. The third-order valence-corrected chi connectivity index (χ3v) is 1.16. The second-order valence-electron chi connectivity index (χ2n) is 1.92. The highest BCUT2D eigenvalue weighted by atomic mass is 16.4. The fourth-order valence-corrected chi connectivity index (χ4v) is 0.690. The molecule has 0 aliphatic carbocycles. The van der Waals surface area contributed by atoms with Crippen LogP contribution in [0, 0.1) is 0 Å². The predicted molar refractivity (Wildman–Crippen MR) is 38.2 cm³/mol. The van der Waals surface area contributed by atoms with Gasteiger partial charge in [-0.3, -0.25) is 0 Å². The molecule has 2 N–H and O–H groups in total. The van der Waals surface area contributed by atoms with Crippen molar-refractivity contribution in [2.45, 2.75) is 0 Å². The van der Waals surface area contributed by atoms with E-state index in [1.54, 1.807) is 0 Å². The van der Waals surface area contributed by atoms with Crippen molar-refractivity contribution in [1.82, 2.24) is 4.98 Å². The summed E-state index contributed by atoms with van der Waals surface area (Å²) in [6.45, 7) is 0. The molecular weight excluding hydrogens is 162 g/mol. The van der Waals surface area contributed by atoms with Crippen molar-refractivity contribution in [3.8, 4) is 0 Å². The zero-order valence-electron chi connectivity index (χ0n) is 6.81. The van der Waals surface area contributed by atoms with Crippen molar-refractivity contribution >= 4 is 11.9 Å². The second kappa shape index (κ2) is 3.00. The summed E-state index contributed by atoms with van der Waals surface area (Å²) < 4.78 is 7.15. The maximum atomic E-state index is 10.5. The lowest BCUT2D eigenvalue weighted by Gasteiger charge is -1.97. The Morgan fingerprint density at radius 3 is 2.50 bits per heavy atom. The third-order valence-electron chi connectivity index (χ3n) is 1.16. The zero-order valence-corrected chi connectivity index (χ0v) is 5.81. The van der Waals surface area contributed by atoms with Crippen molar-refractivity contribution in [2.24, 2.45) is 0 Å². The van der Waals surface area contributed by atoms with Gasteiger partial charge in [-0.05, 0) is 12.1 Å². The molecule has 0 radical (unpaired) electrons. The third kappa shape index (κ3) is 1.39. The Balaban J connectivity index is 3.43. The molecule has 12 heavy (non-hydrogen) atoms. The molecule has 0 atom stereocenters. The summed E-state index contributed by atoms with van der Waals surface area (Å²) in [6.07, 6.45) is 1.08. The molecule has 1 aromatic heterocycles. The van der Waals surface area contributed by atoms with E-state index >= 15 is 0 Å². The minimum Gasteiger partial charge on any atom is -0.478 e. The molecule has 0 fully saturated rings. The molecule has 0 saturated carbocycles. The van der Waals surface area contributed by atoms with Crippen molar-refractivity contribution in [1.29, 1.82) is 0 Å².